The molecule has 2 aromatic rings. The van der Waals surface area contributed by atoms with Crippen LogP contribution in [-0.2, 0) is 6.42 Å². The fraction of sp³-hybridized carbons (Fsp3) is 0.333. The van der Waals surface area contributed by atoms with Gasteiger partial charge in [0.15, 0.2) is 0 Å². The molecule has 0 saturated carbocycles. The molecule has 0 bridgehead atoms. The average Bonchev–Trinajstić information content (AvgIpc) is 2.49. The van der Waals surface area contributed by atoms with Gasteiger partial charge in [-0.3, -0.25) is 0 Å². The number of rotatable bonds is 6. The molecule has 0 spiro atoms. The Kier molecular flexibility index (Phi) is 6.28. The van der Waals surface area contributed by atoms with Crippen molar-refractivity contribution >= 4 is 27.5 Å². The molecule has 0 saturated heterocycles. The molecule has 0 aliphatic rings. The molecule has 0 radical (unpaired) electrons. The molecule has 1 N–H and O–H groups in total. The molecule has 2 aromatic carbocycles. The Balaban J connectivity index is 2.36. The van der Waals surface area contributed by atoms with E-state index < -0.39 is 0 Å². The van der Waals surface area contributed by atoms with Gasteiger partial charge in [-0.2, -0.15) is 0 Å². The molecule has 1 unspecified atom stereocenters. The number of nitrogens with one attached hydrogen (secondary N) is 1. The van der Waals surface area contributed by atoms with Gasteiger partial charge >= 0.3 is 0 Å². The summed E-state index contributed by atoms with van der Waals surface area (Å²) in [6.45, 7) is 5.21. The van der Waals surface area contributed by atoms with Crippen LogP contribution in [0, 0.1) is 0 Å². The fourth-order valence-electron chi connectivity index (χ4n) is 2.52. The highest BCUT2D eigenvalue weighted by atomic mass is 79.9. The summed E-state index contributed by atoms with van der Waals surface area (Å²) >= 11 is 9.98. The van der Waals surface area contributed by atoms with Crippen molar-refractivity contribution in [3.8, 4) is 0 Å². The van der Waals surface area contributed by atoms with Crippen molar-refractivity contribution in [1.29, 1.82) is 0 Å². The van der Waals surface area contributed by atoms with Crippen molar-refractivity contribution in [2.45, 2.75) is 32.7 Å². The van der Waals surface area contributed by atoms with Crippen LogP contribution in [0.4, 0.5) is 0 Å². The molecule has 112 valence electrons. The molecule has 21 heavy (non-hydrogen) atoms. The highest BCUT2D eigenvalue weighted by Crippen LogP contribution is 2.33. The van der Waals surface area contributed by atoms with Crippen LogP contribution in [0.2, 0.25) is 5.02 Å². The number of hydrogen-bond acceptors (Lipinski definition) is 1. The second-order valence-electron chi connectivity index (χ2n) is 5.13. The maximum absolute atomic E-state index is 6.47. The van der Waals surface area contributed by atoms with E-state index in [1.54, 1.807) is 0 Å². The zero-order chi connectivity index (χ0) is 15.2. The van der Waals surface area contributed by atoms with Crippen LogP contribution < -0.4 is 5.32 Å². The van der Waals surface area contributed by atoms with E-state index in [9.17, 15) is 0 Å². The van der Waals surface area contributed by atoms with Gasteiger partial charge in [0, 0.05) is 4.47 Å². The maximum Gasteiger partial charge on any atom is 0.0599 e. The predicted octanol–water partition coefficient (Wildman–Crippen LogP) is 5.75. The van der Waals surface area contributed by atoms with Crippen LogP contribution in [0.25, 0.3) is 0 Å². The van der Waals surface area contributed by atoms with E-state index in [0.29, 0.717) is 0 Å². The molecule has 0 aliphatic carbocycles. The molecule has 0 aromatic heterocycles. The number of benzene rings is 2. The Morgan fingerprint density at radius 2 is 1.81 bits per heavy atom. The molecule has 3 heteroatoms. The van der Waals surface area contributed by atoms with Crippen molar-refractivity contribution in [1.82, 2.24) is 5.32 Å². The molecule has 1 nitrogen and oxygen atoms in total. The Morgan fingerprint density at radius 3 is 2.43 bits per heavy atom. The van der Waals surface area contributed by atoms with Gasteiger partial charge in [0.05, 0.1) is 11.1 Å². The van der Waals surface area contributed by atoms with E-state index in [1.807, 2.05) is 12.1 Å². The normalized spacial score (nSPS) is 12.4. The number of halogens is 2. The van der Waals surface area contributed by atoms with Gasteiger partial charge < -0.3 is 5.32 Å². The smallest absolute Gasteiger partial charge is 0.0599 e. The summed E-state index contributed by atoms with van der Waals surface area (Å²) in [7, 11) is 0. The minimum Gasteiger partial charge on any atom is -0.306 e. The van der Waals surface area contributed by atoms with Crippen LogP contribution in [-0.4, -0.2) is 6.54 Å². The summed E-state index contributed by atoms with van der Waals surface area (Å²) in [6.07, 6.45) is 2.30. The summed E-state index contributed by atoms with van der Waals surface area (Å²) in [5, 5.41) is 4.31. The second-order valence-corrected chi connectivity index (χ2v) is 6.36. The third-order valence-corrected chi connectivity index (χ3v) is 4.86. The SMILES string of the molecule is CCCc1ccc(C(NCC)c2cccc(Br)c2Cl)cc1. The van der Waals surface area contributed by atoms with Gasteiger partial charge in [0.25, 0.3) is 0 Å². The first-order chi connectivity index (χ1) is 10.2. The lowest BCUT2D eigenvalue weighted by Gasteiger charge is -2.21. The molecule has 0 heterocycles. The summed E-state index contributed by atoms with van der Waals surface area (Å²) < 4.78 is 0.937. The van der Waals surface area contributed by atoms with E-state index in [2.05, 4.69) is 65.4 Å². The summed E-state index contributed by atoms with van der Waals surface area (Å²) in [6, 6.07) is 15.0. The van der Waals surface area contributed by atoms with E-state index in [1.165, 1.54) is 17.5 Å². The van der Waals surface area contributed by atoms with Crippen LogP contribution in [0.5, 0.6) is 0 Å². The van der Waals surface area contributed by atoms with Gasteiger partial charge in [-0.25, -0.2) is 0 Å². The van der Waals surface area contributed by atoms with Crippen LogP contribution in [0.3, 0.4) is 0 Å². The minimum atomic E-state index is 0.121. The molecule has 1 atom stereocenters. The first-order valence-electron chi connectivity index (χ1n) is 7.43. The average molecular weight is 367 g/mol. The van der Waals surface area contributed by atoms with E-state index in [0.717, 1.165) is 28.0 Å². The second kappa shape index (κ2) is 7.98. The van der Waals surface area contributed by atoms with E-state index in [-0.39, 0.29) is 6.04 Å². The first kappa shape index (κ1) is 16.5. The summed E-state index contributed by atoms with van der Waals surface area (Å²) in [5.41, 5.74) is 3.74. The molecule has 0 amide bonds. The van der Waals surface area contributed by atoms with Crippen LogP contribution >= 0.6 is 27.5 Å². The molecular formula is C18H21BrClN. The summed E-state index contributed by atoms with van der Waals surface area (Å²) in [5.74, 6) is 0. The summed E-state index contributed by atoms with van der Waals surface area (Å²) in [4.78, 5) is 0. The lowest BCUT2D eigenvalue weighted by molar-refractivity contribution is 0.630. The van der Waals surface area contributed by atoms with Gasteiger partial charge in [0.2, 0.25) is 0 Å². The molecule has 0 fully saturated rings. The third-order valence-electron chi connectivity index (χ3n) is 3.55. The van der Waals surface area contributed by atoms with Crippen LogP contribution in [0.1, 0.15) is 43.0 Å². The van der Waals surface area contributed by atoms with Crippen LogP contribution in [0.15, 0.2) is 46.9 Å². The van der Waals surface area contributed by atoms with E-state index >= 15 is 0 Å². The lowest BCUT2D eigenvalue weighted by Crippen LogP contribution is -2.22. The van der Waals surface area contributed by atoms with Crippen molar-refractivity contribution < 1.29 is 0 Å². The van der Waals surface area contributed by atoms with Crippen molar-refractivity contribution in [3.63, 3.8) is 0 Å². The fourth-order valence-corrected chi connectivity index (χ4v) is 3.14. The van der Waals surface area contributed by atoms with Crippen molar-refractivity contribution in [2.24, 2.45) is 0 Å². The number of hydrogen-bond donors (Lipinski definition) is 1. The topological polar surface area (TPSA) is 12.0 Å². The highest BCUT2D eigenvalue weighted by Gasteiger charge is 2.17. The monoisotopic (exact) mass is 365 g/mol. The predicted molar refractivity (Wildman–Crippen MR) is 95.1 cm³/mol. The highest BCUT2D eigenvalue weighted by molar-refractivity contribution is 9.10. The Bertz CT molecular complexity index is 580. The third kappa shape index (κ3) is 4.09. The zero-order valence-corrected chi connectivity index (χ0v) is 14.8. The quantitative estimate of drug-likeness (QED) is 0.686. The minimum absolute atomic E-state index is 0.121. The molecule has 0 aliphatic heterocycles. The molecular weight excluding hydrogens is 346 g/mol. The standard InChI is InChI=1S/C18H21BrClN/c1-3-6-13-9-11-14(12-10-13)18(21-4-2)15-7-5-8-16(19)17(15)20/h5,7-12,18,21H,3-4,6H2,1-2H3. The largest absolute Gasteiger partial charge is 0.306 e. The lowest BCUT2D eigenvalue weighted by atomic mass is 9.97. The first-order valence-corrected chi connectivity index (χ1v) is 8.60. The van der Waals surface area contributed by atoms with Gasteiger partial charge in [-0.05, 0) is 51.7 Å². The van der Waals surface area contributed by atoms with E-state index in [4.69, 9.17) is 11.6 Å². The van der Waals surface area contributed by atoms with Gasteiger partial charge in [-0.1, -0.05) is 68.3 Å². The number of aryl methyl sites for hydroxylation is 1. The van der Waals surface area contributed by atoms with Gasteiger partial charge in [0.1, 0.15) is 0 Å². The van der Waals surface area contributed by atoms with Crippen molar-refractivity contribution in [2.75, 3.05) is 6.54 Å². The zero-order valence-electron chi connectivity index (χ0n) is 12.5. The Labute approximate surface area is 140 Å². The van der Waals surface area contributed by atoms with Gasteiger partial charge in [-0.15, -0.1) is 0 Å². The molecule has 2 rings (SSSR count). The Hall–Kier alpha value is -0.830. The maximum atomic E-state index is 6.47. The van der Waals surface area contributed by atoms with Crippen molar-refractivity contribution in [3.05, 3.63) is 68.7 Å². The Morgan fingerprint density at radius 1 is 1.10 bits per heavy atom.